The van der Waals surface area contributed by atoms with Crippen LogP contribution in [0.2, 0.25) is 0 Å². The van der Waals surface area contributed by atoms with Gasteiger partial charge in [-0.15, -0.1) is 0 Å². The fourth-order valence-electron chi connectivity index (χ4n) is 2.59. The second-order valence-electron chi connectivity index (χ2n) is 5.24. The largest absolute Gasteiger partial charge is 0.399 e. The van der Waals surface area contributed by atoms with Gasteiger partial charge < -0.3 is 5.73 Å². The SMILES string of the molecule is CCC1CCN(S(=O)(=O)c2ccc(N)cc2[N+](=O)[O-])CC1. The summed E-state index contributed by atoms with van der Waals surface area (Å²) in [5.74, 6) is 0.526. The maximum Gasteiger partial charge on any atom is 0.291 e. The van der Waals surface area contributed by atoms with E-state index in [2.05, 4.69) is 6.92 Å². The summed E-state index contributed by atoms with van der Waals surface area (Å²) in [5, 5.41) is 11.1. The minimum atomic E-state index is -3.85. The zero-order chi connectivity index (χ0) is 15.6. The van der Waals surface area contributed by atoms with Crippen LogP contribution >= 0.6 is 0 Å². The zero-order valence-corrected chi connectivity index (χ0v) is 12.7. The number of hydrogen-bond donors (Lipinski definition) is 1. The third kappa shape index (κ3) is 3.16. The average Bonchev–Trinajstić information content (AvgIpc) is 2.47. The van der Waals surface area contributed by atoms with E-state index in [1.165, 1.54) is 16.4 Å². The summed E-state index contributed by atoms with van der Waals surface area (Å²) in [5.41, 5.74) is 5.22. The predicted molar refractivity (Wildman–Crippen MR) is 79.3 cm³/mol. The molecule has 0 unspecified atom stereocenters. The van der Waals surface area contributed by atoms with Crippen molar-refractivity contribution in [3.8, 4) is 0 Å². The number of nitro groups is 1. The van der Waals surface area contributed by atoms with E-state index in [0.717, 1.165) is 25.3 Å². The first-order valence-corrected chi connectivity index (χ1v) is 8.34. The Bertz CT molecular complexity index is 637. The Morgan fingerprint density at radius 1 is 1.38 bits per heavy atom. The van der Waals surface area contributed by atoms with Gasteiger partial charge in [0, 0.05) is 24.8 Å². The predicted octanol–water partition coefficient (Wildman–Crippen LogP) is 1.99. The molecule has 0 amide bonds. The van der Waals surface area contributed by atoms with Crippen molar-refractivity contribution in [2.75, 3.05) is 18.8 Å². The van der Waals surface area contributed by atoms with Crippen molar-refractivity contribution in [1.82, 2.24) is 4.31 Å². The van der Waals surface area contributed by atoms with E-state index in [1.807, 2.05) is 0 Å². The molecule has 2 rings (SSSR count). The van der Waals surface area contributed by atoms with Gasteiger partial charge in [-0.1, -0.05) is 13.3 Å². The van der Waals surface area contributed by atoms with E-state index in [0.29, 0.717) is 19.0 Å². The Morgan fingerprint density at radius 3 is 2.52 bits per heavy atom. The van der Waals surface area contributed by atoms with Crippen molar-refractivity contribution in [2.24, 2.45) is 5.92 Å². The summed E-state index contributed by atoms with van der Waals surface area (Å²) in [6.07, 6.45) is 2.60. The Labute approximate surface area is 123 Å². The third-order valence-corrected chi connectivity index (χ3v) is 5.89. The van der Waals surface area contributed by atoms with Crippen LogP contribution in [0.3, 0.4) is 0 Å². The van der Waals surface area contributed by atoms with Gasteiger partial charge in [-0.3, -0.25) is 10.1 Å². The minimum Gasteiger partial charge on any atom is -0.399 e. The van der Waals surface area contributed by atoms with Gasteiger partial charge in [0.15, 0.2) is 4.90 Å². The van der Waals surface area contributed by atoms with Crippen molar-refractivity contribution in [1.29, 1.82) is 0 Å². The lowest BCUT2D eigenvalue weighted by atomic mass is 9.96. The topological polar surface area (TPSA) is 107 Å². The molecule has 2 N–H and O–H groups in total. The molecule has 7 nitrogen and oxygen atoms in total. The number of benzene rings is 1. The highest BCUT2D eigenvalue weighted by Crippen LogP contribution is 2.31. The summed E-state index contributed by atoms with van der Waals surface area (Å²) in [4.78, 5) is 10.1. The quantitative estimate of drug-likeness (QED) is 0.519. The molecular weight excluding hydrogens is 294 g/mol. The van der Waals surface area contributed by atoms with Crippen molar-refractivity contribution in [3.05, 3.63) is 28.3 Å². The number of sulfonamides is 1. The van der Waals surface area contributed by atoms with E-state index in [9.17, 15) is 18.5 Å². The molecule has 1 fully saturated rings. The van der Waals surface area contributed by atoms with Crippen molar-refractivity contribution in [2.45, 2.75) is 31.1 Å². The lowest BCUT2D eigenvalue weighted by molar-refractivity contribution is -0.387. The highest BCUT2D eigenvalue weighted by Gasteiger charge is 2.33. The first kappa shape index (κ1) is 15.7. The van der Waals surface area contributed by atoms with Gasteiger partial charge in [-0.25, -0.2) is 8.42 Å². The van der Waals surface area contributed by atoms with Crippen LogP contribution in [0.15, 0.2) is 23.1 Å². The fraction of sp³-hybridized carbons (Fsp3) is 0.538. The van der Waals surface area contributed by atoms with E-state index in [1.54, 1.807) is 0 Å². The van der Waals surface area contributed by atoms with Crippen LogP contribution in [0.5, 0.6) is 0 Å². The standard InChI is InChI=1S/C13H19N3O4S/c1-2-10-5-7-15(8-6-10)21(19,20)13-4-3-11(14)9-12(13)16(17)18/h3-4,9-10H,2,5-8,14H2,1H3. The molecule has 0 aromatic heterocycles. The van der Waals surface area contributed by atoms with Crippen molar-refractivity contribution in [3.63, 3.8) is 0 Å². The zero-order valence-electron chi connectivity index (χ0n) is 11.9. The molecule has 0 bridgehead atoms. The molecule has 0 saturated carbocycles. The van der Waals surface area contributed by atoms with Gasteiger partial charge in [0.25, 0.3) is 5.69 Å². The average molecular weight is 313 g/mol. The molecule has 21 heavy (non-hydrogen) atoms. The molecule has 8 heteroatoms. The van der Waals surface area contributed by atoms with Gasteiger partial charge >= 0.3 is 0 Å². The second kappa shape index (κ2) is 5.98. The van der Waals surface area contributed by atoms with Crippen molar-refractivity contribution < 1.29 is 13.3 Å². The van der Waals surface area contributed by atoms with Gasteiger partial charge in [0.1, 0.15) is 0 Å². The molecule has 1 aromatic carbocycles. The van der Waals surface area contributed by atoms with Gasteiger partial charge in [0.2, 0.25) is 10.0 Å². The van der Waals surface area contributed by atoms with Crippen LogP contribution in [0.4, 0.5) is 11.4 Å². The highest BCUT2D eigenvalue weighted by atomic mass is 32.2. The van der Waals surface area contributed by atoms with E-state index in [-0.39, 0.29) is 10.6 Å². The van der Waals surface area contributed by atoms with Crippen molar-refractivity contribution >= 4 is 21.4 Å². The fourth-order valence-corrected chi connectivity index (χ4v) is 4.20. The van der Waals surface area contributed by atoms with E-state index in [4.69, 9.17) is 5.73 Å². The normalized spacial score (nSPS) is 17.8. The molecule has 116 valence electrons. The molecule has 1 aliphatic heterocycles. The lowest BCUT2D eigenvalue weighted by Gasteiger charge is -2.30. The van der Waals surface area contributed by atoms with Crippen LogP contribution in [0.25, 0.3) is 0 Å². The van der Waals surface area contributed by atoms with Gasteiger partial charge in [-0.05, 0) is 30.9 Å². The molecule has 1 heterocycles. The Morgan fingerprint density at radius 2 is 2.00 bits per heavy atom. The summed E-state index contributed by atoms with van der Waals surface area (Å²) < 4.78 is 26.5. The number of hydrogen-bond acceptors (Lipinski definition) is 5. The Hall–Kier alpha value is -1.67. The molecule has 0 radical (unpaired) electrons. The number of nitrogens with zero attached hydrogens (tertiary/aromatic N) is 2. The third-order valence-electron chi connectivity index (χ3n) is 3.95. The van der Waals surface area contributed by atoms with Crippen LogP contribution in [0.1, 0.15) is 26.2 Å². The monoisotopic (exact) mass is 313 g/mol. The highest BCUT2D eigenvalue weighted by molar-refractivity contribution is 7.89. The number of anilines is 1. The number of piperidine rings is 1. The number of nitrogen functional groups attached to an aromatic ring is 1. The maximum atomic E-state index is 12.6. The first-order chi connectivity index (χ1) is 9.86. The summed E-state index contributed by atoms with van der Waals surface area (Å²) >= 11 is 0. The molecule has 0 atom stereocenters. The maximum absolute atomic E-state index is 12.6. The smallest absolute Gasteiger partial charge is 0.291 e. The van der Waals surface area contributed by atoms with E-state index < -0.39 is 20.6 Å². The van der Waals surface area contributed by atoms with Crippen LogP contribution in [-0.2, 0) is 10.0 Å². The van der Waals surface area contributed by atoms with Crippen LogP contribution in [-0.4, -0.2) is 30.7 Å². The number of rotatable bonds is 4. The van der Waals surface area contributed by atoms with E-state index >= 15 is 0 Å². The molecule has 1 aliphatic rings. The summed E-state index contributed by atoms with van der Waals surface area (Å²) in [7, 11) is -3.85. The Kier molecular flexibility index (Phi) is 4.48. The second-order valence-corrected chi connectivity index (χ2v) is 7.15. The molecule has 1 saturated heterocycles. The summed E-state index contributed by atoms with van der Waals surface area (Å²) in [6.45, 7) is 2.89. The van der Waals surface area contributed by atoms with Crippen LogP contribution in [0, 0.1) is 16.0 Å². The molecule has 0 spiro atoms. The number of nitrogens with two attached hydrogens (primary N) is 1. The van der Waals surface area contributed by atoms with Crippen LogP contribution < -0.4 is 5.73 Å². The minimum absolute atomic E-state index is 0.172. The van der Waals surface area contributed by atoms with Gasteiger partial charge in [-0.2, -0.15) is 4.31 Å². The summed E-state index contributed by atoms with van der Waals surface area (Å²) in [6, 6.07) is 3.68. The molecular formula is C13H19N3O4S. The van der Waals surface area contributed by atoms with Gasteiger partial charge in [0.05, 0.1) is 4.92 Å². The lowest BCUT2D eigenvalue weighted by Crippen LogP contribution is -2.38. The molecule has 1 aromatic rings. The molecule has 0 aliphatic carbocycles. The number of nitro benzene ring substituents is 1. The Balaban J connectivity index is 2.34. The first-order valence-electron chi connectivity index (χ1n) is 6.90.